The van der Waals surface area contributed by atoms with Crippen LogP contribution in [0.4, 0.5) is 13.2 Å². The standard InChI is InChI=1S/C16H18F3N3O2/c1-3-12-10(2)14(22-21-12)15(23)20-9-8-11-6-4-5-7-13(11)24-16(17,18)19/h4-7H,3,8-9H2,1-2H3,(H,20,23)(H,21,22). The minimum atomic E-state index is -4.75. The maximum absolute atomic E-state index is 12.4. The molecule has 2 N–H and O–H groups in total. The van der Waals surface area contributed by atoms with Crippen LogP contribution in [0.15, 0.2) is 24.3 Å². The summed E-state index contributed by atoms with van der Waals surface area (Å²) in [6, 6.07) is 5.85. The van der Waals surface area contributed by atoms with Gasteiger partial charge < -0.3 is 10.1 Å². The van der Waals surface area contributed by atoms with Crippen LogP contribution < -0.4 is 10.1 Å². The van der Waals surface area contributed by atoms with Crippen molar-refractivity contribution in [2.45, 2.75) is 33.1 Å². The third-order valence-electron chi connectivity index (χ3n) is 3.56. The van der Waals surface area contributed by atoms with Gasteiger partial charge in [-0.15, -0.1) is 13.2 Å². The van der Waals surface area contributed by atoms with Crippen molar-refractivity contribution in [2.75, 3.05) is 6.54 Å². The first-order chi connectivity index (χ1) is 11.3. The predicted octanol–water partition coefficient (Wildman–Crippen LogP) is 3.15. The molecule has 0 saturated heterocycles. The summed E-state index contributed by atoms with van der Waals surface area (Å²) >= 11 is 0. The fourth-order valence-electron chi connectivity index (χ4n) is 2.33. The van der Waals surface area contributed by atoms with Crippen LogP contribution in [-0.4, -0.2) is 29.0 Å². The Morgan fingerprint density at radius 2 is 2.04 bits per heavy atom. The van der Waals surface area contributed by atoms with E-state index in [1.165, 1.54) is 18.2 Å². The van der Waals surface area contributed by atoms with E-state index >= 15 is 0 Å². The molecule has 8 heteroatoms. The Bertz CT molecular complexity index is 711. The zero-order valence-corrected chi connectivity index (χ0v) is 13.3. The van der Waals surface area contributed by atoms with E-state index in [9.17, 15) is 18.0 Å². The van der Waals surface area contributed by atoms with Gasteiger partial charge in [-0.2, -0.15) is 5.10 Å². The van der Waals surface area contributed by atoms with Crippen molar-refractivity contribution >= 4 is 5.91 Å². The molecule has 2 rings (SSSR count). The minimum Gasteiger partial charge on any atom is -0.406 e. The fraction of sp³-hybridized carbons (Fsp3) is 0.375. The van der Waals surface area contributed by atoms with Crippen molar-refractivity contribution in [1.29, 1.82) is 0 Å². The maximum Gasteiger partial charge on any atom is 0.573 e. The van der Waals surface area contributed by atoms with Gasteiger partial charge in [-0.05, 0) is 31.4 Å². The zero-order valence-electron chi connectivity index (χ0n) is 13.3. The second kappa shape index (κ2) is 7.37. The van der Waals surface area contributed by atoms with Crippen molar-refractivity contribution in [3.8, 4) is 5.75 Å². The van der Waals surface area contributed by atoms with Crippen LogP contribution in [0.25, 0.3) is 0 Å². The molecular weight excluding hydrogens is 323 g/mol. The molecule has 1 aromatic heterocycles. The summed E-state index contributed by atoms with van der Waals surface area (Å²) in [7, 11) is 0. The van der Waals surface area contributed by atoms with Gasteiger partial charge in [-0.25, -0.2) is 0 Å². The quantitative estimate of drug-likeness (QED) is 0.848. The van der Waals surface area contributed by atoms with Crippen molar-refractivity contribution < 1.29 is 22.7 Å². The van der Waals surface area contributed by atoms with Crippen molar-refractivity contribution in [3.05, 3.63) is 46.8 Å². The first kappa shape index (κ1) is 17.8. The molecule has 0 radical (unpaired) electrons. The minimum absolute atomic E-state index is 0.171. The Labute approximate surface area is 137 Å². The number of rotatable bonds is 6. The first-order valence-corrected chi connectivity index (χ1v) is 7.47. The van der Waals surface area contributed by atoms with Gasteiger partial charge in [0.05, 0.1) is 0 Å². The number of aromatic nitrogens is 2. The number of nitrogens with zero attached hydrogens (tertiary/aromatic N) is 1. The van der Waals surface area contributed by atoms with Crippen molar-refractivity contribution in [1.82, 2.24) is 15.5 Å². The molecule has 0 aliphatic carbocycles. The monoisotopic (exact) mass is 341 g/mol. The van der Waals surface area contributed by atoms with Crippen LogP contribution in [0.2, 0.25) is 0 Å². The Hall–Kier alpha value is -2.51. The highest BCUT2D eigenvalue weighted by Crippen LogP contribution is 2.26. The number of halogens is 3. The molecule has 0 atom stereocenters. The number of hydrogen-bond donors (Lipinski definition) is 2. The first-order valence-electron chi connectivity index (χ1n) is 7.47. The SMILES string of the molecule is CCc1[nH]nc(C(=O)NCCc2ccccc2OC(F)(F)F)c1C. The Morgan fingerprint density at radius 3 is 2.67 bits per heavy atom. The Morgan fingerprint density at radius 1 is 1.33 bits per heavy atom. The van der Waals surface area contributed by atoms with E-state index in [1.54, 1.807) is 13.0 Å². The summed E-state index contributed by atoms with van der Waals surface area (Å²) in [4.78, 5) is 12.1. The lowest BCUT2D eigenvalue weighted by atomic mass is 10.1. The molecule has 0 fully saturated rings. The Kier molecular flexibility index (Phi) is 5.48. The number of alkyl halides is 3. The van der Waals surface area contributed by atoms with E-state index in [1.807, 2.05) is 6.92 Å². The second-order valence-corrected chi connectivity index (χ2v) is 5.19. The molecule has 0 bridgehead atoms. The van der Waals surface area contributed by atoms with Crippen LogP contribution in [0, 0.1) is 6.92 Å². The molecule has 1 heterocycles. The van der Waals surface area contributed by atoms with Gasteiger partial charge in [-0.3, -0.25) is 9.89 Å². The zero-order chi connectivity index (χ0) is 17.7. The third kappa shape index (κ3) is 4.50. The topological polar surface area (TPSA) is 67.0 Å². The maximum atomic E-state index is 12.4. The number of amides is 1. The number of hydrogen-bond acceptors (Lipinski definition) is 3. The average Bonchev–Trinajstić information content (AvgIpc) is 2.88. The molecule has 0 aliphatic rings. The molecule has 5 nitrogen and oxygen atoms in total. The number of benzene rings is 1. The summed E-state index contributed by atoms with van der Waals surface area (Å²) in [6.07, 6.45) is -3.81. The molecule has 0 unspecified atom stereocenters. The van der Waals surface area contributed by atoms with Gasteiger partial charge in [-0.1, -0.05) is 25.1 Å². The number of ether oxygens (including phenoxy) is 1. The van der Waals surface area contributed by atoms with E-state index < -0.39 is 6.36 Å². The molecule has 1 aromatic carbocycles. The average molecular weight is 341 g/mol. The summed E-state index contributed by atoms with van der Waals surface area (Å²) in [5.74, 6) is -0.624. The van der Waals surface area contributed by atoms with E-state index in [4.69, 9.17) is 0 Å². The largest absolute Gasteiger partial charge is 0.573 e. The molecule has 24 heavy (non-hydrogen) atoms. The molecule has 0 saturated carbocycles. The van der Waals surface area contributed by atoms with Crippen LogP contribution >= 0.6 is 0 Å². The normalized spacial score (nSPS) is 11.4. The van der Waals surface area contributed by atoms with Gasteiger partial charge in [0.2, 0.25) is 0 Å². The van der Waals surface area contributed by atoms with Crippen molar-refractivity contribution in [3.63, 3.8) is 0 Å². The fourth-order valence-corrected chi connectivity index (χ4v) is 2.33. The highest BCUT2D eigenvalue weighted by atomic mass is 19.4. The van der Waals surface area contributed by atoms with Crippen LogP contribution in [-0.2, 0) is 12.8 Å². The third-order valence-corrected chi connectivity index (χ3v) is 3.56. The van der Waals surface area contributed by atoms with Gasteiger partial charge in [0.25, 0.3) is 5.91 Å². The number of aromatic amines is 1. The highest BCUT2D eigenvalue weighted by molar-refractivity contribution is 5.93. The summed E-state index contributed by atoms with van der Waals surface area (Å²) in [5.41, 5.74) is 2.31. The predicted molar refractivity (Wildman–Crippen MR) is 81.9 cm³/mol. The van der Waals surface area contributed by atoms with E-state index in [0.717, 1.165) is 17.7 Å². The Balaban J connectivity index is 1.97. The number of H-pyrrole nitrogens is 1. The van der Waals surface area contributed by atoms with Crippen LogP contribution in [0.1, 0.15) is 34.2 Å². The molecule has 0 spiro atoms. The smallest absolute Gasteiger partial charge is 0.406 e. The van der Waals surface area contributed by atoms with Gasteiger partial charge in [0.15, 0.2) is 5.69 Å². The van der Waals surface area contributed by atoms with E-state index in [2.05, 4.69) is 20.3 Å². The lowest BCUT2D eigenvalue weighted by Gasteiger charge is -2.13. The molecular formula is C16H18F3N3O2. The number of aryl methyl sites for hydroxylation is 1. The second-order valence-electron chi connectivity index (χ2n) is 5.19. The van der Waals surface area contributed by atoms with E-state index in [0.29, 0.717) is 11.3 Å². The number of carbonyl (C=O) groups is 1. The lowest BCUT2D eigenvalue weighted by Crippen LogP contribution is -2.27. The van der Waals surface area contributed by atoms with Gasteiger partial charge >= 0.3 is 6.36 Å². The number of nitrogens with one attached hydrogen (secondary N) is 2. The van der Waals surface area contributed by atoms with Crippen molar-refractivity contribution in [2.24, 2.45) is 0 Å². The summed E-state index contributed by atoms with van der Waals surface area (Å²) in [6.45, 7) is 3.91. The molecule has 0 aliphatic heterocycles. The summed E-state index contributed by atoms with van der Waals surface area (Å²) in [5, 5.41) is 9.42. The van der Waals surface area contributed by atoms with E-state index in [-0.39, 0.29) is 24.6 Å². The van der Waals surface area contributed by atoms with Gasteiger partial charge in [0, 0.05) is 17.8 Å². The van der Waals surface area contributed by atoms with Crippen LogP contribution in [0.3, 0.4) is 0 Å². The highest BCUT2D eigenvalue weighted by Gasteiger charge is 2.31. The van der Waals surface area contributed by atoms with Crippen LogP contribution in [0.5, 0.6) is 5.75 Å². The molecule has 130 valence electrons. The number of para-hydroxylation sites is 1. The molecule has 2 aromatic rings. The molecule has 1 amide bonds. The summed E-state index contributed by atoms with van der Waals surface area (Å²) < 4.78 is 41.1. The number of carbonyl (C=O) groups excluding carboxylic acids is 1. The van der Waals surface area contributed by atoms with Gasteiger partial charge in [0.1, 0.15) is 5.75 Å². The lowest BCUT2D eigenvalue weighted by molar-refractivity contribution is -0.274.